The highest BCUT2D eigenvalue weighted by Gasteiger charge is 2.15. The van der Waals surface area contributed by atoms with E-state index in [9.17, 15) is 4.79 Å². The van der Waals surface area contributed by atoms with Crippen molar-refractivity contribution in [3.05, 3.63) is 35.3 Å². The van der Waals surface area contributed by atoms with Crippen molar-refractivity contribution in [1.29, 1.82) is 0 Å². The van der Waals surface area contributed by atoms with Gasteiger partial charge in [-0.25, -0.2) is 15.0 Å². The van der Waals surface area contributed by atoms with Crippen LogP contribution < -0.4 is 10.6 Å². The number of fused-ring (bicyclic) bond motifs is 1. The Balaban J connectivity index is 2.27. The molecule has 2 aromatic heterocycles. The summed E-state index contributed by atoms with van der Waals surface area (Å²) in [7, 11) is 1.77. The third kappa shape index (κ3) is 4.57. The molecule has 7 nitrogen and oxygen atoms in total. The monoisotopic (exact) mass is 356 g/mol. The Morgan fingerprint density at radius 2 is 2.12 bits per heavy atom. The summed E-state index contributed by atoms with van der Waals surface area (Å²) in [6, 6.07) is 0. The highest BCUT2D eigenvalue weighted by molar-refractivity contribution is 7.21. The number of aldehydes is 1. The van der Waals surface area contributed by atoms with E-state index in [-0.39, 0.29) is 0 Å². The van der Waals surface area contributed by atoms with E-state index in [4.69, 9.17) is 0 Å². The van der Waals surface area contributed by atoms with Crippen LogP contribution in [0.2, 0.25) is 0 Å². The van der Waals surface area contributed by atoms with E-state index in [0.717, 1.165) is 23.1 Å². The van der Waals surface area contributed by atoms with Crippen molar-refractivity contribution < 1.29 is 4.79 Å². The number of thiophene rings is 1. The standard InChI is InChI=1S/C17H20N6OS/c1-5-6-11(2)19-7-12(3)20-9-21-15-13(8-24)25-17-14(15)16(18-4)22-10-23-17/h5-10H,1-4H3,(H,20,21)(H,18,22,23)/b6-5-,12-7+,19-11-. The van der Waals surface area contributed by atoms with Gasteiger partial charge in [0, 0.05) is 24.7 Å². The van der Waals surface area contributed by atoms with Gasteiger partial charge in [-0.2, -0.15) is 0 Å². The van der Waals surface area contributed by atoms with E-state index >= 15 is 0 Å². The molecule has 0 spiro atoms. The number of nitrogens with zero attached hydrogens (tertiary/aromatic N) is 4. The average Bonchev–Trinajstić information content (AvgIpc) is 2.98. The van der Waals surface area contributed by atoms with Crippen molar-refractivity contribution in [2.75, 3.05) is 12.4 Å². The molecule has 0 fully saturated rings. The maximum Gasteiger partial charge on any atom is 0.162 e. The van der Waals surface area contributed by atoms with Gasteiger partial charge in [0.2, 0.25) is 0 Å². The fourth-order valence-corrected chi connectivity index (χ4v) is 2.96. The minimum absolute atomic E-state index is 0.508. The number of hydrogen-bond acceptors (Lipinski definition) is 7. The third-order valence-electron chi connectivity index (χ3n) is 3.19. The largest absolute Gasteiger partial charge is 0.372 e. The number of carbonyl (C=O) groups is 1. The molecule has 0 bridgehead atoms. The highest BCUT2D eigenvalue weighted by atomic mass is 32.1. The molecule has 0 aromatic carbocycles. The molecule has 130 valence electrons. The molecule has 2 aromatic rings. The van der Waals surface area contributed by atoms with Crippen LogP contribution in [-0.4, -0.2) is 35.4 Å². The van der Waals surface area contributed by atoms with Crippen LogP contribution in [0.1, 0.15) is 30.4 Å². The maximum atomic E-state index is 11.3. The summed E-state index contributed by atoms with van der Waals surface area (Å²) in [5.41, 5.74) is 2.28. The summed E-state index contributed by atoms with van der Waals surface area (Å²) < 4.78 is 0. The molecule has 0 radical (unpaired) electrons. The average molecular weight is 356 g/mol. The Morgan fingerprint density at radius 1 is 1.32 bits per heavy atom. The third-order valence-corrected chi connectivity index (χ3v) is 4.20. The molecule has 0 saturated heterocycles. The second kappa shape index (κ2) is 8.84. The molecule has 8 heteroatoms. The maximum absolute atomic E-state index is 11.3. The smallest absolute Gasteiger partial charge is 0.162 e. The zero-order valence-electron chi connectivity index (χ0n) is 14.6. The molecule has 0 aliphatic carbocycles. The van der Waals surface area contributed by atoms with Gasteiger partial charge in [0.25, 0.3) is 0 Å². The molecule has 0 amide bonds. The van der Waals surface area contributed by atoms with Crippen molar-refractivity contribution in [2.45, 2.75) is 20.8 Å². The molecular weight excluding hydrogens is 336 g/mol. The van der Waals surface area contributed by atoms with E-state index in [0.29, 0.717) is 21.2 Å². The topological polar surface area (TPSA) is 91.6 Å². The van der Waals surface area contributed by atoms with Gasteiger partial charge in [-0.3, -0.25) is 9.79 Å². The van der Waals surface area contributed by atoms with Crippen LogP contribution in [0.5, 0.6) is 0 Å². The molecule has 0 unspecified atom stereocenters. The molecule has 2 rings (SSSR count). The minimum Gasteiger partial charge on any atom is -0.372 e. The summed E-state index contributed by atoms with van der Waals surface area (Å²) >= 11 is 1.29. The van der Waals surface area contributed by atoms with Gasteiger partial charge in [-0.1, -0.05) is 6.08 Å². The van der Waals surface area contributed by atoms with Crippen molar-refractivity contribution in [1.82, 2.24) is 15.3 Å². The fraction of sp³-hybridized carbons (Fsp3) is 0.235. The molecule has 0 aliphatic heterocycles. The summed E-state index contributed by atoms with van der Waals surface area (Å²) in [5.74, 6) is 0.639. The lowest BCUT2D eigenvalue weighted by atomic mass is 10.3. The normalized spacial score (nSPS) is 13.1. The molecule has 0 atom stereocenters. The fourth-order valence-electron chi connectivity index (χ4n) is 2.05. The summed E-state index contributed by atoms with van der Waals surface area (Å²) in [4.78, 5) is 29.7. The molecule has 0 saturated carbocycles. The Bertz CT molecular complexity index is 879. The number of aliphatic imine (C=N–C) groups is 2. The lowest BCUT2D eigenvalue weighted by molar-refractivity contribution is 0.112. The van der Waals surface area contributed by atoms with Gasteiger partial charge in [0.15, 0.2) is 6.29 Å². The van der Waals surface area contributed by atoms with Gasteiger partial charge in [-0.15, -0.1) is 11.3 Å². The van der Waals surface area contributed by atoms with Gasteiger partial charge in [-0.05, 0) is 26.8 Å². The zero-order valence-corrected chi connectivity index (χ0v) is 15.4. The Morgan fingerprint density at radius 3 is 2.80 bits per heavy atom. The lowest BCUT2D eigenvalue weighted by Gasteiger charge is -2.02. The van der Waals surface area contributed by atoms with Crippen molar-refractivity contribution in [2.24, 2.45) is 9.98 Å². The van der Waals surface area contributed by atoms with Gasteiger partial charge in [0.05, 0.1) is 22.3 Å². The summed E-state index contributed by atoms with van der Waals surface area (Å²) in [6.07, 6.45) is 9.35. The van der Waals surface area contributed by atoms with Crippen LogP contribution in [0, 0.1) is 0 Å². The number of carbonyl (C=O) groups excluding carboxylic acids is 1. The first-order valence-electron chi connectivity index (χ1n) is 7.64. The number of aromatic nitrogens is 2. The molecule has 25 heavy (non-hydrogen) atoms. The van der Waals surface area contributed by atoms with Gasteiger partial charge in [0.1, 0.15) is 17.0 Å². The number of hydrogen-bond donors (Lipinski definition) is 2. The zero-order chi connectivity index (χ0) is 18.2. The molecule has 0 aliphatic rings. The highest BCUT2D eigenvalue weighted by Crippen LogP contribution is 2.38. The van der Waals surface area contributed by atoms with Crippen LogP contribution in [-0.2, 0) is 0 Å². The van der Waals surface area contributed by atoms with E-state index in [1.54, 1.807) is 13.2 Å². The first-order chi connectivity index (χ1) is 12.1. The van der Waals surface area contributed by atoms with Crippen LogP contribution in [0.25, 0.3) is 10.2 Å². The van der Waals surface area contributed by atoms with Crippen LogP contribution >= 0.6 is 11.3 Å². The molecule has 2 heterocycles. The van der Waals surface area contributed by atoms with Gasteiger partial charge < -0.3 is 10.6 Å². The summed E-state index contributed by atoms with van der Waals surface area (Å²) in [6.45, 7) is 5.75. The quantitative estimate of drug-likeness (QED) is 0.448. The van der Waals surface area contributed by atoms with E-state index in [1.165, 1.54) is 24.0 Å². The van der Waals surface area contributed by atoms with Crippen LogP contribution in [0.4, 0.5) is 11.5 Å². The summed E-state index contributed by atoms with van der Waals surface area (Å²) in [5, 5.41) is 6.77. The Hall–Kier alpha value is -2.87. The molecular formula is C17H20N6OS. The second-order valence-electron chi connectivity index (χ2n) is 5.07. The SMILES string of the molecule is C\C=C/C(C)=N\C=C(/C)NC=Nc1c(C=O)sc2ncnc(NC)c12. The van der Waals surface area contributed by atoms with Crippen LogP contribution in [0.3, 0.4) is 0 Å². The second-order valence-corrected chi connectivity index (χ2v) is 6.10. The number of nitrogens with one attached hydrogen (secondary N) is 2. The predicted molar refractivity (Wildman–Crippen MR) is 105 cm³/mol. The van der Waals surface area contributed by atoms with E-state index in [1.807, 2.05) is 32.9 Å². The van der Waals surface area contributed by atoms with Gasteiger partial charge >= 0.3 is 0 Å². The predicted octanol–water partition coefficient (Wildman–Crippen LogP) is 3.69. The molecule has 2 N–H and O–H groups in total. The van der Waals surface area contributed by atoms with Crippen molar-refractivity contribution in [3.63, 3.8) is 0 Å². The first kappa shape index (κ1) is 18.5. The van der Waals surface area contributed by atoms with Crippen LogP contribution in [0.15, 0.2) is 40.4 Å². The number of anilines is 1. The van der Waals surface area contributed by atoms with Crippen molar-refractivity contribution >= 4 is 51.4 Å². The van der Waals surface area contributed by atoms with E-state index < -0.39 is 0 Å². The number of rotatable bonds is 7. The van der Waals surface area contributed by atoms with Crippen molar-refractivity contribution in [3.8, 4) is 0 Å². The minimum atomic E-state index is 0.508. The Labute approximate surface area is 150 Å². The lowest BCUT2D eigenvalue weighted by Crippen LogP contribution is -2.07. The van der Waals surface area contributed by atoms with E-state index in [2.05, 4.69) is 30.6 Å². The number of allylic oxidation sites excluding steroid dienone is 3. The first-order valence-corrected chi connectivity index (χ1v) is 8.45. The Kier molecular flexibility index (Phi) is 6.53.